The van der Waals surface area contributed by atoms with Crippen molar-refractivity contribution in [3.8, 4) is 0 Å². The molecule has 0 radical (unpaired) electrons. The Kier molecular flexibility index (Phi) is 4.15. The molecule has 4 rings (SSSR count). The molecule has 3 aliphatic heterocycles. The maximum absolute atomic E-state index is 11.4. The van der Waals surface area contributed by atoms with Gasteiger partial charge in [-0.3, -0.25) is 4.79 Å². The second kappa shape index (κ2) is 6.02. The van der Waals surface area contributed by atoms with Crippen molar-refractivity contribution in [3.05, 3.63) is 35.4 Å². The van der Waals surface area contributed by atoms with Crippen LogP contribution in [0.4, 0.5) is 0 Å². The zero-order valence-corrected chi connectivity index (χ0v) is 15.6. The number of rotatable bonds is 6. The Morgan fingerprint density at radius 3 is 2.42 bits per heavy atom. The lowest BCUT2D eigenvalue weighted by molar-refractivity contribution is -0.169. The van der Waals surface area contributed by atoms with Gasteiger partial charge in [0.25, 0.3) is 0 Å². The van der Waals surface area contributed by atoms with Crippen LogP contribution in [0.5, 0.6) is 0 Å². The van der Waals surface area contributed by atoms with E-state index in [9.17, 15) is 9.90 Å². The van der Waals surface area contributed by atoms with Crippen LogP contribution in [0.2, 0.25) is 0 Å². The molecule has 3 fully saturated rings. The number of carbonyl (C=O) groups is 1. The first-order valence-electron chi connectivity index (χ1n) is 9.09. The van der Waals surface area contributed by atoms with Gasteiger partial charge in [0.15, 0.2) is 6.29 Å². The number of hydrogen-bond acceptors (Lipinski definition) is 5. The first-order chi connectivity index (χ1) is 12.2. The highest BCUT2D eigenvalue weighted by Gasteiger charge is 2.62. The van der Waals surface area contributed by atoms with E-state index in [0.29, 0.717) is 13.2 Å². The van der Waals surface area contributed by atoms with Gasteiger partial charge < -0.3 is 24.1 Å². The smallest absolute Gasteiger partial charge is 0.313 e. The number of aliphatic carboxylic acids is 1. The van der Waals surface area contributed by atoms with Gasteiger partial charge in [-0.05, 0) is 25.0 Å². The van der Waals surface area contributed by atoms with Gasteiger partial charge in [0, 0.05) is 5.41 Å². The molecule has 0 saturated carbocycles. The van der Waals surface area contributed by atoms with Crippen LogP contribution in [-0.4, -0.2) is 55.0 Å². The van der Waals surface area contributed by atoms with Crippen molar-refractivity contribution in [1.82, 2.24) is 0 Å². The van der Waals surface area contributed by atoms with Crippen molar-refractivity contribution in [2.24, 2.45) is 0 Å². The largest absolute Gasteiger partial charge is 0.481 e. The average molecular weight is 362 g/mol. The molecule has 0 aliphatic carbocycles. The van der Waals surface area contributed by atoms with Gasteiger partial charge in [-0.15, -0.1) is 0 Å². The Bertz CT molecular complexity index is 695. The molecule has 0 amide bonds. The van der Waals surface area contributed by atoms with Crippen LogP contribution in [0.3, 0.4) is 0 Å². The summed E-state index contributed by atoms with van der Waals surface area (Å²) < 4.78 is 23.3. The molecule has 26 heavy (non-hydrogen) atoms. The zero-order chi connectivity index (χ0) is 18.7. The van der Waals surface area contributed by atoms with Crippen molar-refractivity contribution in [1.29, 1.82) is 0 Å². The SMILES string of the molecule is CC(C)(CO[C@H]1[C@@H]2OC[C@@H](O2)[C@@H]2O[C@@H]21)c1ccc(C(C)(C)C(=O)O)cc1. The summed E-state index contributed by atoms with van der Waals surface area (Å²) in [5.41, 5.74) is 0.738. The fourth-order valence-corrected chi connectivity index (χ4v) is 3.66. The third-order valence-corrected chi connectivity index (χ3v) is 5.81. The lowest BCUT2D eigenvalue weighted by Crippen LogP contribution is -2.43. The minimum Gasteiger partial charge on any atom is -0.481 e. The van der Waals surface area contributed by atoms with E-state index in [1.165, 1.54) is 0 Å². The van der Waals surface area contributed by atoms with E-state index in [4.69, 9.17) is 18.9 Å². The Labute approximate surface area is 153 Å². The van der Waals surface area contributed by atoms with Crippen LogP contribution in [0.15, 0.2) is 24.3 Å². The number of hydrogen-bond donors (Lipinski definition) is 1. The van der Waals surface area contributed by atoms with Crippen LogP contribution in [0, 0.1) is 0 Å². The predicted octanol–water partition coefficient (Wildman–Crippen LogP) is 2.23. The van der Waals surface area contributed by atoms with E-state index in [-0.39, 0.29) is 36.1 Å². The van der Waals surface area contributed by atoms with E-state index < -0.39 is 11.4 Å². The highest BCUT2D eigenvalue weighted by molar-refractivity contribution is 5.80. The molecule has 1 aromatic rings. The molecule has 6 nitrogen and oxygen atoms in total. The van der Waals surface area contributed by atoms with Gasteiger partial charge in [0.1, 0.15) is 24.4 Å². The number of benzene rings is 1. The number of fused-ring (bicyclic) bond motifs is 4. The second-order valence-corrected chi connectivity index (χ2v) is 8.61. The monoisotopic (exact) mass is 362 g/mol. The molecule has 1 N–H and O–H groups in total. The molecule has 2 bridgehead atoms. The van der Waals surface area contributed by atoms with Crippen LogP contribution >= 0.6 is 0 Å². The van der Waals surface area contributed by atoms with Crippen molar-refractivity contribution < 1.29 is 28.8 Å². The lowest BCUT2D eigenvalue weighted by Gasteiger charge is -2.31. The zero-order valence-electron chi connectivity index (χ0n) is 15.6. The normalized spacial score (nSPS) is 33.0. The fraction of sp³-hybridized carbons (Fsp3) is 0.650. The molecular weight excluding hydrogens is 336 g/mol. The van der Waals surface area contributed by atoms with E-state index in [1.807, 2.05) is 24.3 Å². The van der Waals surface area contributed by atoms with Crippen LogP contribution in [0.1, 0.15) is 38.8 Å². The molecular formula is C20H26O6. The van der Waals surface area contributed by atoms with E-state index >= 15 is 0 Å². The van der Waals surface area contributed by atoms with E-state index in [0.717, 1.165) is 11.1 Å². The van der Waals surface area contributed by atoms with Gasteiger partial charge in [0.2, 0.25) is 0 Å². The van der Waals surface area contributed by atoms with Crippen molar-refractivity contribution >= 4 is 5.97 Å². The first kappa shape index (κ1) is 17.9. The molecule has 6 heteroatoms. The molecule has 5 atom stereocenters. The van der Waals surface area contributed by atoms with E-state index in [2.05, 4.69) is 13.8 Å². The Balaban J connectivity index is 1.43. The molecule has 0 aromatic heterocycles. The third-order valence-electron chi connectivity index (χ3n) is 5.81. The van der Waals surface area contributed by atoms with Crippen molar-refractivity contribution in [3.63, 3.8) is 0 Å². The summed E-state index contributed by atoms with van der Waals surface area (Å²) in [5.74, 6) is -0.834. The Hall–Kier alpha value is -1.47. The standard InChI is InChI=1S/C20H26O6/c1-19(2,11-5-7-12(8-6-11)20(3,4)18(21)22)10-24-16-15-14(26-15)13-9-23-17(16)25-13/h5-8,13-17H,9-10H2,1-4H3,(H,21,22)/t13-,14+,15+,16-,17-/m1/s1. The second-order valence-electron chi connectivity index (χ2n) is 8.61. The average Bonchev–Trinajstić information content (AvgIpc) is 3.28. The van der Waals surface area contributed by atoms with Gasteiger partial charge in [0.05, 0.1) is 18.6 Å². The fourth-order valence-electron chi connectivity index (χ4n) is 3.66. The summed E-state index contributed by atoms with van der Waals surface area (Å²) in [5, 5.41) is 9.38. The molecule has 142 valence electrons. The third kappa shape index (κ3) is 2.95. The summed E-state index contributed by atoms with van der Waals surface area (Å²) >= 11 is 0. The quantitative estimate of drug-likeness (QED) is 0.782. The summed E-state index contributed by atoms with van der Waals surface area (Å²) in [6.07, 6.45) is -0.278. The van der Waals surface area contributed by atoms with Crippen LogP contribution < -0.4 is 0 Å². The molecule has 1 aromatic carbocycles. The lowest BCUT2D eigenvalue weighted by atomic mass is 9.80. The first-order valence-corrected chi connectivity index (χ1v) is 9.09. The van der Waals surface area contributed by atoms with Crippen molar-refractivity contribution in [2.45, 2.75) is 69.2 Å². The minimum atomic E-state index is -0.909. The molecule has 0 unspecified atom stereocenters. The van der Waals surface area contributed by atoms with Crippen LogP contribution in [-0.2, 0) is 34.6 Å². The Morgan fingerprint density at radius 1 is 1.12 bits per heavy atom. The minimum absolute atomic E-state index is 0.0583. The summed E-state index contributed by atoms with van der Waals surface area (Å²) in [7, 11) is 0. The van der Waals surface area contributed by atoms with Crippen molar-refractivity contribution in [2.75, 3.05) is 13.2 Å². The molecule has 3 saturated heterocycles. The van der Waals surface area contributed by atoms with Gasteiger partial charge >= 0.3 is 5.97 Å². The highest BCUT2D eigenvalue weighted by Crippen LogP contribution is 2.43. The molecule has 0 spiro atoms. The van der Waals surface area contributed by atoms with E-state index in [1.54, 1.807) is 13.8 Å². The molecule has 3 aliphatic rings. The summed E-state index contributed by atoms with van der Waals surface area (Å²) in [6.45, 7) is 8.72. The number of carboxylic acids is 1. The predicted molar refractivity (Wildman–Crippen MR) is 93.1 cm³/mol. The number of epoxide rings is 1. The Morgan fingerprint density at radius 2 is 1.77 bits per heavy atom. The maximum Gasteiger partial charge on any atom is 0.313 e. The summed E-state index contributed by atoms with van der Waals surface area (Å²) in [6, 6.07) is 7.75. The van der Waals surface area contributed by atoms with Gasteiger partial charge in [-0.25, -0.2) is 0 Å². The van der Waals surface area contributed by atoms with Gasteiger partial charge in [-0.1, -0.05) is 38.1 Å². The number of carboxylic acid groups (broad SMARTS) is 1. The number of ether oxygens (including phenoxy) is 4. The topological polar surface area (TPSA) is 77.5 Å². The maximum atomic E-state index is 11.4. The summed E-state index contributed by atoms with van der Waals surface area (Å²) in [4.78, 5) is 11.4. The molecule has 3 heterocycles. The van der Waals surface area contributed by atoms with Gasteiger partial charge in [-0.2, -0.15) is 0 Å². The van der Waals surface area contributed by atoms with Crippen LogP contribution in [0.25, 0.3) is 0 Å². The highest BCUT2D eigenvalue weighted by atomic mass is 16.8.